The Morgan fingerprint density at radius 3 is 2.25 bits per heavy atom. The monoisotopic (exact) mass is 710 g/mol. The van der Waals surface area contributed by atoms with Crippen molar-refractivity contribution in [2.45, 2.75) is 83.7 Å². The van der Waals surface area contributed by atoms with Gasteiger partial charge in [0.25, 0.3) is 5.91 Å². The summed E-state index contributed by atoms with van der Waals surface area (Å²) in [6.45, 7) is 9.23. The molecule has 2 aromatic carbocycles. The Morgan fingerprint density at radius 1 is 1.02 bits per heavy atom. The van der Waals surface area contributed by atoms with Gasteiger partial charge in [0.1, 0.15) is 41.3 Å². The molecule has 14 heteroatoms. The molecule has 4 atom stereocenters. The minimum absolute atomic E-state index is 0.163. The molecule has 4 rings (SSSR count). The van der Waals surface area contributed by atoms with Crippen molar-refractivity contribution in [3.63, 3.8) is 0 Å². The molecular weight excluding hydrogens is 662 g/mol. The zero-order valence-electron chi connectivity index (χ0n) is 30.3. The fourth-order valence-electron chi connectivity index (χ4n) is 5.75. The molecule has 1 aliphatic rings. The van der Waals surface area contributed by atoms with Crippen LogP contribution in [0, 0.1) is 11.6 Å². The van der Waals surface area contributed by atoms with E-state index in [1.807, 2.05) is 0 Å². The fourth-order valence-corrected chi connectivity index (χ4v) is 5.75. The van der Waals surface area contributed by atoms with Crippen molar-refractivity contribution < 1.29 is 37.4 Å². The van der Waals surface area contributed by atoms with E-state index in [1.54, 1.807) is 79.4 Å². The first-order valence-corrected chi connectivity index (χ1v) is 17.0. The van der Waals surface area contributed by atoms with E-state index in [2.05, 4.69) is 10.3 Å². The molecular formula is C37H48F2N6O6. The number of imidazole rings is 1. The van der Waals surface area contributed by atoms with E-state index in [0.717, 1.165) is 5.56 Å². The number of hydrogen-bond donors (Lipinski definition) is 1. The molecule has 4 amide bonds. The zero-order chi connectivity index (χ0) is 37.5. The lowest BCUT2D eigenvalue weighted by Gasteiger charge is -2.35. The van der Waals surface area contributed by atoms with Crippen LogP contribution in [0.2, 0.25) is 0 Å². The van der Waals surface area contributed by atoms with Crippen molar-refractivity contribution in [1.82, 2.24) is 29.6 Å². The molecule has 51 heavy (non-hydrogen) atoms. The van der Waals surface area contributed by atoms with Crippen molar-refractivity contribution >= 4 is 23.8 Å². The zero-order valence-corrected chi connectivity index (χ0v) is 30.3. The number of rotatable bonds is 13. The highest BCUT2D eigenvalue weighted by molar-refractivity contribution is 5.93. The van der Waals surface area contributed by atoms with Crippen molar-refractivity contribution in [3.05, 3.63) is 83.9 Å². The van der Waals surface area contributed by atoms with Gasteiger partial charge in [0, 0.05) is 51.7 Å². The number of methoxy groups -OCH3 is 1. The average Bonchev–Trinajstić information content (AvgIpc) is 3.78. The summed E-state index contributed by atoms with van der Waals surface area (Å²) in [4.78, 5) is 63.0. The lowest BCUT2D eigenvalue weighted by molar-refractivity contribution is -0.141. The molecule has 0 aliphatic carbocycles. The van der Waals surface area contributed by atoms with E-state index in [9.17, 15) is 28.0 Å². The molecule has 12 nitrogen and oxygen atoms in total. The number of aromatic nitrogens is 2. The molecule has 276 valence electrons. The van der Waals surface area contributed by atoms with E-state index in [0.29, 0.717) is 31.5 Å². The predicted octanol–water partition coefficient (Wildman–Crippen LogP) is 4.60. The number of carbonyl (C=O) groups excluding carboxylic acids is 4. The molecule has 3 aromatic rings. The van der Waals surface area contributed by atoms with Gasteiger partial charge in [-0.05, 0) is 95.8 Å². The third-order valence-electron chi connectivity index (χ3n) is 8.94. The quantitative estimate of drug-likeness (QED) is 0.275. The summed E-state index contributed by atoms with van der Waals surface area (Å²) in [6, 6.07) is 9.41. The molecule has 1 aliphatic heterocycles. The maximum Gasteiger partial charge on any atom is 0.410 e. The van der Waals surface area contributed by atoms with Crippen LogP contribution in [0.15, 0.2) is 61.1 Å². The van der Waals surface area contributed by atoms with Crippen molar-refractivity contribution in [3.8, 4) is 5.69 Å². The van der Waals surface area contributed by atoms with Crippen molar-refractivity contribution in [1.29, 1.82) is 0 Å². The number of carbonyl (C=O) groups is 4. The SMILES string of the molecule is CO[C@H](C)[C@H](NC(=O)[C@H](C)N(C)C(=O)OC(C)(C)C)C(=O)N1CCCC1CN(CCc1ccc(F)cc1)C(=O)c1cn(-c2ccc(F)cc2)cn1. The first-order chi connectivity index (χ1) is 24.1. The number of benzene rings is 2. The lowest BCUT2D eigenvalue weighted by atomic mass is 10.1. The highest BCUT2D eigenvalue weighted by Gasteiger charge is 2.39. The topological polar surface area (TPSA) is 126 Å². The van der Waals surface area contributed by atoms with E-state index >= 15 is 0 Å². The molecule has 1 saturated heterocycles. The fraction of sp³-hybridized carbons (Fsp3) is 0.486. The molecule has 0 spiro atoms. The van der Waals surface area contributed by atoms with Crippen LogP contribution in [0.5, 0.6) is 0 Å². The van der Waals surface area contributed by atoms with Gasteiger partial charge in [-0.3, -0.25) is 19.3 Å². The molecule has 0 saturated carbocycles. The van der Waals surface area contributed by atoms with Gasteiger partial charge in [-0.15, -0.1) is 0 Å². The summed E-state index contributed by atoms with van der Waals surface area (Å²) < 4.78 is 39.6. The van der Waals surface area contributed by atoms with Gasteiger partial charge in [0.2, 0.25) is 11.8 Å². The number of nitrogens with one attached hydrogen (secondary N) is 1. The second kappa shape index (κ2) is 16.9. The first-order valence-electron chi connectivity index (χ1n) is 17.0. The molecule has 2 heterocycles. The minimum Gasteiger partial charge on any atom is -0.444 e. The number of likely N-dealkylation sites (tertiary alicyclic amines) is 1. The Kier molecular flexibility index (Phi) is 12.9. The maximum absolute atomic E-state index is 14.2. The lowest BCUT2D eigenvalue weighted by Crippen LogP contribution is -2.59. The number of amides is 4. The number of halogens is 2. The van der Waals surface area contributed by atoms with Crippen LogP contribution < -0.4 is 5.32 Å². The minimum atomic E-state index is -1.08. The second-order valence-electron chi connectivity index (χ2n) is 13.8. The number of hydrogen-bond acceptors (Lipinski definition) is 7. The predicted molar refractivity (Wildman–Crippen MR) is 186 cm³/mol. The molecule has 0 bridgehead atoms. The van der Waals surface area contributed by atoms with Crippen LogP contribution in [0.25, 0.3) is 5.69 Å². The maximum atomic E-state index is 14.2. The van der Waals surface area contributed by atoms with E-state index in [4.69, 9.17) is 9.47 Å². The third-order valence-corrected chi connectivity index (χ3v) is 8.94. The van der Waals surface area contributed by atoms with E-state index in [1.165, 1.54) is 49.7 Å². The van der Waals surface area contributed by atoms with Crippen LogP contribution in [0.1, 0.15) is 63.5 Å². The van der Waals surface area contributed by atoms with E-state index in [-0.39, 0.29) is 48.3 Å². The van der Waals surface area contributed by atoms with Gasteiger partial charge in [-0.2, -0.15) is 0 Å². The summed E-state index contributed by atoms with van der Waals surface area (Å²) in [7, 11) is 2.89. The number of nitrogens with zero attached hydrogens (tertiary/aromatic N) is 5. The molecule has 1 N–H and O–H groups in total. The molecule has 1 unspecified atom stereocenters. The van der Waals surface area contributed by atoms with Crippen LogP contribution in [0.3, 0.4) is 0 Å². The largest absolute Gasteiger partial charge is 0.444 e. The normalized spacial score (nSPS) is 16.3. The second-order valence-corrected chi connectivity index (χ2v) is 13.8. The highest BCUT2D eigenvalue weighted by Crippen LogP contribution is 2.23. The van der Waals surface area contributed by atoms with Gasteiger partial charge >= 0.3 is 6.09 Å². The highest BCUT2D eigenvalue weighted by atomic mass is 19.1. The third kappa shape index (κ3) is 10.3. The Hall–Kier alpha value is -4.85. The Balaban J connectivity index is 1.53. The molecule has 1 aromatic heterocycles. The summed E-state index contributed by atoms with van der Waals surface area (Å²) in [5, 5.41) is 2.79. The standard InChI is InChI=1S/C37H48F2N6O6/c1-24(42(6)36(49)51-37(3,4)5)33(46)41-32(25(2)50-7)35(48)45-19-8-9-30(45)21-43(20-18-26-10-12-27(38)13-11-26)34(47)31-22-44(23-40-31)29-16-14-28(39)15-17-29/h10-17,22-25,30,32H,8-9,18-21H2,1-7H3,(H,41,46)/t24-,25+,30?,32-/m0/s1. The van der Waals surface area contributed by atoms with Gasteiger partial charge in [0.15, 0.2) is 0 Å². The molecule has 0 radical (unpaired) electrons. The van der Waals surface area contributed by atoms with Crippen molar-refractivity contribution in [2.75, 3.05) is 33.8 Å². The Bertz CT molecular complexity index is 1660. The number of likely N-dealkylation sites (N-methyl/N-ethyl adjacent to an activating group) is 1. The summed E-state index contributed by atoms with van der Waals surface area (Å²) in [5.74, 6) is -2.06. The van der Waals surface area contributed by atoms with Gasteiger partial charge in [-0.25, -0.2) is 18.6 Å². The summed E-state index contributed by atoms with van der Waals surface area (Å²) in [6.07, 6.45) is 3.36. The Morgan fingerprint density at radius 2 is 1.65 bits per heavy atom. The van der Waals surface area contributed by atoms with Crippen LogP contribution >= 0.6 is 0 Å². The molecule has 1 fully saturated rings. The average molecular weight is 711 g/mol. The summed E-state index contributed by atoms with van der Waals surface area (Å²) in [5.41, 5.74) is 0.857. The van der Waals surface area contributed by atoms with Crippen LogP contribution in [-0.4, -0.2) is 112 Å². The number of ether oxygens (including phenoxy) is 2. The van der Waals surface area contributed by atoms with Crippen LogP contribution in [0.4, 0.5) is 13.6 Å². The van der Waals surface area contributed by atoms with Gasteiger partial charge in [-0.1, -0.05) is 12.1 Å². The first kappa shape index (κ1) is 38.9. The van der Waals surface area contributed by atoms with E-state index < -0.39 is 35.8 Å². The van der Waals surface area contributed by atoms with Gasteiger partial charge < -0.3 is 29.2 Å². The Labute approximate surface area is 297 Å². The summed E-state index contributed by atoms with van der Waals surface area (Å²) >= 11 is 0. The van der Waals surface area contributed by atoms with Crippen LogP contribution in [-0.2, 0) is 25.5 Å². The smallest absolute Gasteiger partial charge is 0.410 e. The van der Waals surface area contributed by atoms with Gasteiger partial charge in [0.05, 0.1) is 6.10 Å². The van der Waals surface area contributed by atoms with Crippen molar-refractivity contribution in [2.24, 2.45) is 0 Å².